The summed E-state index contributed by atoms with van der Waals surface area (Å²) in [4.78, 5) is 11.8. The first kappa shape index (κ1) is 9.92. The van der Waals surface area contributed by atoms with Crippen LogP contribution in [0.1, 0.15) is 5.56 Å². The van der Waals surface area contributed by atoms with Gasteiger partial charge in [0, 0.05) is 5.75 Å². The van der Waals surface area contributed by atoms with Crippen LogP contribution in [0.3, 0.4) is 0 Å². The fraction of sp³-hybridized carbons (Fsp3) is 0.100. The van der Waals surface area contributed by atoms with Crippen LogP contribution in [-0.2, 0) is 5.75 Å². The van der Waals surface area contributed by atoms with Crippen LogP contribution in [0.5, 0.6) is 0 Å². The lowest BCUT2D eigenvalue weighted by Crippen LogP contribution is -1.97. The van der Waals surface area contributed by atoms with Crippen molar-refractivity contribution in [2.24, 2.45) is 0 Å². The number of nitrogens with zero attached hydrogens (tertiary/aromatic N) is 3. The lowest BCUT2D eigenvalue weighted by atomic mass is 10.2. The normalized spacial score (nSPS) is 10.1. The summed E-state index contributed by atoms with van der Waals surface area (Å²) in [5.74, 6) is 1.10. The minimum absolute atomic E-state index is 0.264. The fourth-order valence-corrected chi connectivity index (χ4v) is 1.85. The molecule has 4 nitrogen and oxygen atoms in total. The zero-order valence-corrected chi connectivity index (χ0v) is 8.81. The van der Waals surface area contributed by atoms with E-state index in [4.69, 9.17) is 5.73 Å². The van der Waals surface area contributed by atoms with Crippen molar-refractivity contribution in [2.45, 2.75) is 10.9 Å². The van der Waals surface area contributed by atoms with Gasteiger partial charge in [-0.3, -0.25) is 0 Å². The number of aromatic nitrogens is 3. The standard InChI is InChI=1S/C10H10N4S/c11-9-12-7-13-10(14-9)15-6-8-4-2-1-3-5-8/h1-5,7H,6H2,(H2,11,12,13,14). The highest BCUT2D eigenvalue weighted by molar-refractivity contribution is 7.98. The average molecular weight is 218 g/mol. The molecule has 0 aliphatic heterocycles. The predicted octanol–water partition coefficient (Wildman–Crippen LogP) is 1.75. The van der Waals surface area contributed by atoms with Crippen molar-refractivity contribution < 1.29 is 0 Å². The van der Waals surface area contributed by atoms with Crippen molar-refractivity contribution >= 4 is 17.7 Å². The molecule has 1 heterocycles. The zero-order valence-electron chi connectivity index (χ0n) is 8.00. The lowest BCUT2D eigenvalue weighted by molar-refractivity contribution is 0.915. The summed E-state index contributed by atoms with van der Waals surface area (Å²) in [5.41, 5.74) is 6.69. The molecular weight excluding hydrogens is 208 g/mol. The van der Waals surface area contributed by atoms with Gasteiger partial charge < -0.3 is 5.73 Å². The summed E-state index contributed by atoms with van der Waals surface area (Å²) in [6.45, 7) is 0. The van der Waals surface area contributed by atoms with E-state index in [-0.39, 0.29) is 5.95 Å². The second kappa shape index (κ2) is 4.75. The molecule has 2 aromatic rings. The van der Waals surface area contributed by atoms with E-state index in [0.29, 0.717) is 5.16 Å². The highest BCUT2D eigenvalue weighted by Gasteiger charge is 1.99. The molecule has 2 rings (SSSR count). The molecule has 0 aliphatic carbocycles. The Kier molecular flexibility index (Phi) is 3.14. The molecule has 0 atom stereocenters. The molecule has 0 aliphatic rings. The van der Waals surface area contributed by atoms with Gasteiger partial charge >= 0.3 is 0 Å². The Bertz CT molecular complexity index is 432. The Morgan fingerprint density at radius 3 is 2.67 bits per heavy atom. The van der Waals surface area contributed by atoms with Crippen LogP contribution in [0.2, 0.25) is 0 Å². The van der Waals surface area contributed by atoms with Gasteiger partial charge in [-0.1, -0.05) is 42.1 Å². The summed E-state index contributed by atoms with van der Waals surface area (Å²) < 4.78 is 0. The average Bonchev–Trinajstić information content (AvgIpc) is 2.28. The van der Waals surface area contributed by atoms with Gasteiger partial charge in [0.05, 0.1) is 0 Å². The van der Waals surface area contributed by atoms with E-state index in [1.807, 2.05) is 18.2 Å². The SMILES string of the molecule is Nc1ncnc(SCc2ccccc2)n1. The van der Waals surface area contributed by atoms with Crippen molar-refractivity contribution in [3.8, 4) is 0 Å². The highest BCUT2D eigenvalue weighted by Crippen LogP contribution is 2.18. The molecule has 15 heavy (non-hydrogen) atoms. The topological polar surface area (TPSA) is 64.7 Å². The van der Waals surface area contributed by atoms with Gasteiger partial charge in [-0.15, -0.1) is 0 Å². The van der Waals surface area contributed by atoms with Crippen LogP contribution in [-0.4, -0.2) is 15.0 Å². The predicted molar refractivity (Wildman–Crippen MR) is 60.2 cm³/mol. The van der Waals surface area contributed by atoms with Crippen LogP contribution >= 0.6 is 11.8 Å². The monoisotopic (exact) mass is 218 g/mol. The van der Waals surface area contributed by atoms with Crippen molar-refractivity contribution in [1.82, 2.24) is 15.0 Å². The first-order valence-corrected chi connectivity index (χ1v) is 5.44. The largest absolute Gasteiger partial charge is 0.368 e. The van der Waals surface area contributed by atoms with Crippen molar-refractivity contribution in [1.29, 1.82) is 0 Å². The smallest absolute Gasteiger partial charge is 0.223 e. The molecule has 0 fully saturated rings. The molecule has 5 heteroatoms. The van der Waals surface area contributed by atoms with Crippen LogP contribution in [0, 0.1) is 0 Å². The van der Waals surface area contributed by atoms with Gasteiger partial charge in [-0.25, -0.2) is 9.97 Å². The number of anilines is 1. The molecule has 0 saturated heterocycles. The summed E-state index contributed by atoms with van der Waals surface area (Å²) in [5, 5.41) is 0.659. The van der Waals surface area contributed by atoms with E-state index in [1.54, 1.807) is 11.8 Å². The molecule has 2 N–H and O–H groups in total. The first-order valence-electron chi connectivity index (χ1n) is 4.46. The molecule has 1 aromatic heterocycles. The van der Waals surface area contributed by atoms with Gasteiger partial charge in [0.1, 0.15) is 6.33 Å². The molecular formula is C10H10N4S. The van der Waals surface area contributed by atoms with E-state index in [9.17, 15) is 0 Å². The number of rotatable bonds is 3. The Labute approximate surface area is 92.0 Å². The molecule has 0 spiro atoms. The van der Waals surface area contributed by atoms with Gasteiger partial charge in [0.2, 0.25) is 5.95 Å². The van der Waals surface area contributed by atoms with Gasteiger partial charge in [0.15, 0.2) is 5.16 Å². The maximum atomic E-state index is 5.45. The highest BCUT2D eigenvalue weighted by atomic mass is 32.2. The maximum Gasteiger partial charge on any atom is 0.223 e. The Balaban J connectivity index is 1.99. The number of hydrogen-bond donors (Lipinski definition) is 1. The van der Waals surface area contributed by atoms with Gasteiger partial charge in [-0.05, 0) is 5.56 Å². The third-order valence-corrected chi connectivity index (χ3v) is 2.71. The number of hydrogen-bond acceptors (Lipinski definition) is 5. The minimum Gasteiger partial charge on any atom is -0.368 e. The van der Waals surface area contributed by atoms with Gasteiger partial charge in [0.25, 0.3) is 0 Å². The summed E-state index contributed by atoms with van der Waals surface area (Å²) >= 11 is 1.55. The molecule has 0 radical (unpaired) electrons. The van der Waals surface area contributed by atoms with Crippen LogP contribution < -0.4 is 5.73 Å². The van der Waals surface area contributed by atoms with E-state index in [2.05, 4.69) is 27.1 Å². The Morgan fingerprint density at radius 1 is 1.13 bits per heavy atom. The van der Waals surface area contributed by atoms with Crippen molar-refractivity contribution in [2.75, 3.05) is 5.73 Å². The fourth-order valence-electron chi connectivity index (χ4n) is 1.08. The minimum atomic E-state index is 0.264. The Hall–Kier alpha value is -1.62. The van der Waals surface area contributed by atoms with E-state index in [1.165, 1.54) is 11.9 Å². The van der Waals surface area contributed by atoms with E-state index < -0.39 is 0 Å². The lowest BCUT2D eigenvalue weighted by Gasteiger charge is -2.00. The molecule has 1 aromatic carbocycles. The number of nitrogens with two attached hydrogens (primary N) is 1. The third kappa shape index (κ3) is 2.92. The summed E-state index contributed by atoms with van der Waals surface area (Å²) in [7, 11) is 0. The van der Waals surface area contributed by atoms with E-state index >= 15 is 0 Å². The zero-order chi connectivity index (χ0) is 10.5. The second-order valence-electron chi connectivity index (χ2n) is 2.90. The van der Waals surface area contributed by atoms with Crippen molar-refractivity contribution in [3.05, 3.63) is 42.2 Å². The molecule has 0 unspecified atom stereocenters. The van der Waals surface area contributed by atoms with Crippen molar-refractivity contribution in [3.63, 3.8) is 0 Å². The Morgan fingerprint density at radius 2 is 1.93 bits per heavy atom. The van der Waals surface area contributed by atoms with Crippen LogP contribution in [0.4, 0.5) is 5.95 Å². The number of nitrogen functional groups attached to an aromatic ring is 1. The summed E-state index contributed by atoms with van der Waals surface area (Å²) in [6, 6.07) is 10.2. The molecule has 0 bridgehead atoms. The molecule has 0 amide bonds. The number of benzene rings is 1. The molecule has 0 saturated carbocycles. The molecule has 76 valence electrons. The third-order valence-electron chi connectivity index (χ3n) is 1.78. The van der Waals surface area contributed by atoms with Crippen LogP contribution in [0.25, 0.3) is 0 Å². The second-order valence-corrected chi connectivity index (χ2v) is 3.84. The quantitative estimate of drug-likeness (QED) is 0.795. The summed E-state index contributed by atoms with van der Waals surface area (Å²) in [6.07, 6.45) is 1.43. The van der Waals surface area contributed by atoms with E-state index in [0.717, 1.165) is 5.75 Å². The number of thioether (sulfide) groups is 1. The van der Waals surface area contributed by atoms with Gasteiger partial charge in [-0.2, -0.15) is 4.98 Å². The van der Waals surface area contributed by atoms with Crippen LogP contribution in [0.15, 0.2) is 41.8 Å². The first-order chi connectivity index (χ1) is 7.34. The maximum absolute atomic E-state index is 5.45.